The largest absolute Gasteiger partial charge is 0.388 e. The van der Waals surface area contributed by atoms with E-state index in [1.54, 1.807) is 13.8 Å². The number of aromatic nitrogens is 4. The number of amides is 4. The summed E-state index contributed by atoms with van der Waals surface area (Å²) in [6.45, 7) is 17.6. The Morgan fingerprint density at radius 2 is 0.718 bits per heavy atom. The van der Waals surface area contributed by atoms with E-state index in [0.29, 0.717) is 190 Å². The van der Waals surface area contributed by atoms with Gasteiger partial charge < -0.3 is 84.0 Å². The van der Waals surface area contributed by atoms with Gasteiger partial charge in [0.1, 0.15) is 58.6 Å². The molecule has 0 saturated carbocycles. The van der Waals surface area contributed by atoms with E-state index in [0.717, 1.165) is 43.0 Å². The van der Waals surface area contributed by atoms with Crippen LogP contribution in [0.2, 0.25) is 0 Å². The van der Waals surface area contributed by atoms with Crippen molar-refractivity contribution in [1.82, 2.24) is 19.9 Å². The Morgan fingerprint density at radius 3 is 1.08 bits per heavy atom. The lowest BCUT2D eigenvalue weighted by atomic mass is 9.86. The lowest BCUT2D eigenvalue weighted by molar-refractivity contribution is -0.119. The van der Waals surface area contributed by atoms with Crippen LogP contribution in [-0.2, 0) is 55.7 Å². The van der Waals surface area contributed by atoms with Crippen LogP contribution in [0, 0.1) is 22.5 Å². The molecule has 672 valence electrons. The Kier molecular flexibility index (Phi) is 44.7. The zero-order valence-electron chi connectivity index (χ0n) is 72.1. The van der Waals surface area contributed by atoms with Gasteiger partial charge in [-0.15, -0.1) is 47.0 Å². The van der Waals surface area contributed by atoms with Crippen LogP contribution in [0.4, 0.5) is 31.5 Å². The van der Waals surface area contributed by atoms with Gasteiger partial charge in [-0.3, -0.25) is 63.7 Å². The summed E-state index contributed by atoms with van der Waals surface area (Å²) < 4.78 is 29.9. The first-order chi connectivity index (χ1) is 58.7. The summed E-state index contributed by atoms with van der Waals surface area (Å²) in [5.41, 5.74) is 60.4. The lowest BCUT2D eigenvalue weighted by Gasteiger charge is -2.24. The molecule has 4 amide bonds. The van der Waals surface area contributed by atoms with Gasteiger partial charge in [0.25, 0.3) is 11.8 Å². The quantitative estimate of drug-likeness (QED) is 0.00554. The predicted octanol–water partition coefficient (Wildman–Crippen LogP) is 11.0. The number of carbonyl (C=O) groups excluding carboxylic acids is 8. The maximum Gasteiger partial charge on any atom is 0.274 e. The standard InChI is InChI=1S/C45H69N17O4S2.C41H53F2N7O4S2/c1-26(46)53-14-10-8-12-35(63)59-29-20-27(44(2,3)4)22-31(37(29)67-18-16-55-42(49)50)61-39(65)33-24-34(58-25-57-33)40(66)62-32-23-28(45(5,6)7)21-30(38(32)68-19-17-56-43(51)52)60-36(64)13-9-11-15-54-41(47)48;1-26(46)8-4-2-5-9-33(51)20-27-16-31(42)18-29(40(27)55-14-12-44)22-37(53)35-24-36(50-25-49-35)38(54)23-30-19-32(43)17-28(41(30)56-15-13-45)21-34(52)10-6-3-7-11-39(47)48/h20-25H,8-19H2,1-7H3,(H2,46,53)(H,59,63)(H,60,64)(H,61,65)(H,62,66)(H4,47,48,54)(H4,49,50,55)(H4,51,52,56);16-19,24-25,46H,2-15,20-23,44-45H2,1H3,(H3,47,48). The molecule has 6 aromatic rings. The molecule has 0 radical (unpaired) electrons. The number of anilines is 4. The van der Waals surface area contributed by atoms with Crippen LogP contribution in [0.5, 0.6) is 0 Å². The Balaban J connectivity index is 0.000000449. The minimum atomic E-state index is -0.642. The number of nitrogens with one attached hydrogen (secondary N) is 6. The second kappa shape index (κ2) is 53.4. The Labute approximate surface area is 741 Å². The number of Topliss-reactive ketones (excluding diaryl/α,β-unsaturated/α-hetero) is 4. The molecule has 0 aliphatic carbocycles. The second-order valence-electron chi connectivity index (χ2n) is 31.4. The lowest BCUT2D eigenvalue weighted by Crippen LogP contribution is -2.23. The van der Waals surface area contributed by atoms with Gasteiger partial charge in [-0.2, -0.15) is 0 Å². The summed E-state index contributed by atoms with van der Waals surface area (Å²) in [5.74, 6) is -1.84. The highest BCUT2D eigenvalue weighted by Crippen LogP contribution is 2.42. The number of nitrogens with zero attached hydrogens (tertiary/aromatic N) is 8. The van der Waals surface area contributed by atoms with Crippen LogP contribution in [0.15, 0.2) is 113 Å². The molecule has 124 heavy (non-hydrogen) atoms. The van der Waals surface area contributed by atoms with Crippen molar-refractivity contribution in [1.29, 1.82) is 10.8 Å². The van der Waals surface area contributed by atoms with Crippen LogP contribution in [0.25, 0.3) is 0 Å². The number of thioether (sulfide) groups is 4. The van der Waals surface area contributed by atoms with Crippen molar-refractivity contribution in [2.75, 3.05) is 83.5 Å². The van der Waals surface area contributed by atoms with Crippen molar-refractivity contribution in [2.45, 2.75) is 214 Å². The number of hydrogen-bond acceptors (Lipinski definition) is 24. The summed E-state index contributed by atoms with van der Waals surface area (Å²) in [6, 6.07) is 15.1. The van der Waals surface area contributed by atoms with E-state index in [1.165, 1.54) is 83.4 Å². The normalized spacial score (nSPS) is 11.3. The fourth-order valence-electron chi connectivity index (χ4n) is 12.2. The Morgan fingerprint density at radius 1 is 0.387 bits per heavy atom. The second-order valence-corrected chi connectivity index (χ2v) is 35.8. The van der Waals surface area contributed by atoms with Gasteiger partial charge in [-0.1, -0.05) is 54.4 Å². The number of halogens is 2. The molecule has 26 N–H and O–H groups in total. The van der Waals surface area contributed by atoms with E-state index in [4.69, 9.17) is 68.2 Å². The number of nitrogens with two attached hydrogens (primary N) is 10. The average Bonchev–Trinajstić information content (AvgIpc) is 0.826. The fraction of sp³-hybridized carbons (Fsp3) is 0.465. The third-order valence-electron chi connectivity index (χ3n) is 18.4. The van der Waals surface area contributed by atoms with Crippen molar-refractivity contribution in [3.63, 3.8) is 0 Å². The van der Waals surface area contributed by atoms with E-state index in [1.807, 2.05) is 65.8 Å². The molecule has 0 atom stereocenters. The van der Waals surface area contributed by atoms with E-state index < -0.39 is 45.8 Å². The highest BCUT2D eigenvalue weighted by atomic mass is 32.2. The number of benzene rings is 4. The first kappa shape index (κ1) is 104. The van der Waals surface area contributed by atoms with E-state index >= 15 is 0 Å². The highest BCUT2D eigenvalue weighted by molar-refractivity contribution is 8.00. The number of ketones is 4. The van der Waals surface area contributed by atoms with Crippen molar-refractivity contribution in [2.24, 2.45) is 77.3 Å². The molecule has 32 nitrogen and oxygen atoms in total. The van der Waals surface area contributed by atoms with Gasteiger partial charge in [0.05, 0.1) is 57.3 Å². The number of rotatable bonds is 52. The molecule has 0 fully saturated rings. The third kappa shape index (κ3) is 38.5. The monoisotopic (exact) mass is 1780 g/mol. The van der Waals surface area contributed by atoms with Gasteiger partial charge in [0, 0.05) is 129 Å². The third-order valence-corrected chi connectivity index (χ3v) is 23.1. The van der Waals surface area contributed by atoms with Crippen LogP contribution < -0.4 is 78.6 Å². The van der Waals surface area contributed by atoms with Crippen molar-refractivity contribution in [3.05, 3.63) is 141 Å². The summed E-state index contributed by atoms with van der Waals surface area (Å²) in [6.07, 6.45) is 10.7. The van der Waals surface area contributed by atoms with Gasteiger partial charge in [0.2, 0.25) is 11.8 Å². The number of carbonyl (C=O) groups is 8. The summed E-state index contributed by atoms with van der Waals surface area (Å²) >= 11 is 5.36. The molecule has 0 unspecified atom stereocenters. The van der Waals surface area contributed by atoms with Crippen LogP contribution in [0.1, 0.15) is 233 Å². The first-order valence-corrected chi connectivity index (χ1v) is 44.9. The molecule has 0 aliphatic rings. The van der Waals surface area contributed by atoms with E-state index in [-0.39, 0.29) is 128 Å². The fourth-order valence-corrected chi connectivity index (χ4v) is 16.0. The van der Waals surface area contributed by atoms with Crippen LogP contribution >= 0.6 is 47.0 Å². The highest BCUT2D eigenvalue weighted by Gasteiger charge is 2.28. The summed E-state index contributed by atoms with van der Waals surface area (Å²) in [7, 11) is 0. The van der Waals surface area contributed by atoms with E-state index in [2.05, 4.69) is 61.2 Å². The van der Waals surface area contributed by atoms with E-state index in [9.17, 15) is 47.1 Å². The molecule has 2 heterocycles. The van der Waals surface area contributed by atoms with Crippen LogP contribution in [0.3, 0.4) is 0 Å². The van der Waals surface area contributed by atoms with Crippen molar-refractivity contribution >= 4 is 152 Å². The molecule has 2 aromatic heterocycles. The number of amidine groups is 2. The van der Waals surface area contributed by atoms with Gasteiger partial charge >= 0.3 is 0 Å². The van der Waals surface area contributed by atoms with Crippen molar-refractivity contribution in [3.8, 4) is 0 Å². The van der Waals surface area contributed by atoms with Crippen LogP contribution in [-0.4, -0.2) is 164 Å². The minimum Gasteiger partial charge on any atom is -0.388 e. The number of guanidine groups is 3. The molecule has 0 spiro atoms. The maximum absolute atomic E-state index is 15.0. The molecule has 0 bridgehead atoms. The molecule has 6 rings (SSSR count). The SMILES string of the molecule is CC(=N)CCCCCC(=O)Cc1cc(F)cc(CC(=O)c2cc(C(=O)Cc3cc(F)cc(CC(=O)CCCCCC(=N)N)c3SCCN)ncn2)c1SCCN.CC(N)=NCCCCC(=O)Nc1cc(C(C)(C)C)cc(NC(=O)c2cc(C(=O)Nc3cc(C(C)(C)C)cc(NC(=O)CCCCN=C(N)N)c3SCCN=C(N)N)ncn2)c1SCCN=C(N)N. The zero-order chi connectivity index (χ0) is 91.6. The summed E-state index contributed by atoms with van der Waals surface area (Å²) in [4.78, 5) is 143. The number of aliphatic imine (C=N–C) groups is 4. The molecule has 4 aromatic carbocycles. The van der Waals surface area contributed by atoms with Gasteiger partial charge in [0.15, 0.2) is 29.4 Å². The minimum absolute atomic E-state index is 0.00530. The molecule has 38 heteroatoms. The first-order valence-electron chi connectivity index (χ1n) is 40.9. The van der Waals surface area contributed by atoms with Crippen molar-refractivity contribution < 1.29 is 47.1 Å². The van der Waals surface area contributed by atoms with Gasteiger partial charge in [-0.05, 0) is 170 Å². The topological polar surface area (TPSA) is 594 Å². The zero-order valence-corrected chi connectivity index (χ0v) is 75.4. The van der Waals surface area contributed by atoms with Gasteiger partial charge in [-0.25, -0.2) is 28.7 Å². The summed E-state index contributed by atoms with van der Waals surface area (Å²) in [5, 5.41) is 26.9. The molecular formula is C86H122F2N24O8S4. The number of unbranched alkanes of at least 4 members (excludes halogenated alkanes) is 6. The molecule has 0 saturated heterocycles. The predicted molar refractivity (Wildman–Crippen MR) is 498 cm³/mol. The average molecular weight is 1790 g/mol. The maximum atomic E-state index is 15.0. The molecular weight excluding hydrogens is 1660 g/mol. The molecule has 0 aliphatic heterocycles. The Bertz CT molecular complexity index is 4540. The Hall–Kier alpha value is -10.8. The smallest absolute Gasteiger partial charge is 0.274 e. The number of hydrogen-bond donors (Lipinski definition) is 16.